The lowest BCUT2D eigenvalue weighted by Gasteiger charge is -2.04. The minimum absolute atomic E-state index is 0.112. The van der Waals surface area contributed by atoms with Crippen molar-refractivity contribution in [3.63, 3.8) is 0 Å². The number of aliphatic hydroxyl groups is 1. The number of aromatic nitrogens is 2. The number of nitrogens with zero attached hydrogens (tertiary/aromatic N) is 4. The van der Waals surface area contributed by atoms with E-state index in [0.717, 1.165) is 0 Å². The van der Waals surface area contributed by atoms with E-state index in [4.69, 9.17) is 15.6 Å². The van der Waals surface area contributed by atoms with Gasteiger partial charge in [-0.3, -0.25) is 0 Å². The molecule has 0 fully saturated rings. The molecule has 1 aromatic heterocycles. The van der Waals surface area contributed by atoms with E-state index < -0.39 is 0 Å². The molecule has 116 valence electrons. The molecular formula is C16H15N5O2. The molecule has 7 nitrogen and oxygen atoms in total. The third-order valence-electron chi connectivity index (χ3n) is 3.23. The first-order valence-electron chi connectivity index (χ1n) is 6.78. The van der Waals surface area contributed by atoms with Crippen LogP contribution < -0.4 is 10.5 Å². The highest BCUT2D eigenvalue weighted by Gasteiger charge is 2.19. The molecule has 1 aromatic carbocycles. The molecule has 23 heavy (non-hydrogen) atoms. The number of methoxy groups -OCH3 is 1. The molecule has 0 radical (unpaired) electrons. The molecular weight excluding hydrogens is 294 g/mol. The predicted octanol–water partition coefficient (Wildman–Crippen LogP) is 1.40. The number of para-hydroxylation sites is 1. The van der Waals surface area contributed by atoms with Crippen LogP contribution in [0.25, 0.3) is 11.6 Å². The summed E-state index contributed by atoms with van der Waals surface area (Å²) < 4.78 is 6.56. The summed E-state index contributed by atoms with van der Waals surface area (Å²) in [4.78, 5) is 0. The summed E-state index contributed by atoms with van der Waals surface area (Å²) in [5.74, 6) is 0.722. The van der Waals surface area contributed by atoms with E-state index in [1.54, 1.807) is 18.2 Å². The number of nitrogens with two attached hydrogens (primary N) is 1. The smallest absolute Gasteiger partial charge is 0.140 e. The topological polar surface area (TPSA) is 121 Å². The normalized spacial score (nSPS) is 10.9. The van der Waals surface area contributed by atoms with Gasteiger partial charge in [-0.1, -0.05) is 18.2 Å². The van der Waals surface area contributed by atoms with E-state index in [1.165, 1.54) is 11.8 Å². The van der Waals surface area contributed by atoms with Gasteiger partial charge in [0.05, 0.1) is 25.8 Å². The van der Waals surface area contributed by atoms with Crippen molar-refractivity contribution in [2.24, 2.45) is 0 Å². The van der Waals surface area contributed by atoms with Gasteiger partial charge in [0.2, 0.25) is 0 Å². The van der Waals surface area contributed by atoms with Gasteiger partial charge in [-0.25, -0.2) is 4.68 Å². The first-order chi connectivity index (χ1) is 11.2. The average molecular weight is 309 g/mol. The van der Waals surface area contributed by atoms with Gasteiger partial charge in [0.25, 0.3) is 0 Å². The standard InChI is InChI=1S/C16H15N5O2/c1-23-14-5-3-2-4-11(14)8-12(9-17)15-13(10-18)16(19)21(20-15)6-7-22/h2-5,8,22H,6-7,19H2,1H3/b12-8+. The molecule has 0 aliphatic heterocycles. The van der Waals surface area contributed by atoms with E-state index in [9.17, 15) is 10.5 Å². The Kier molecular flexibility index (Phi) is 4.98. The molecule has 0 atom stereocenters. The second-order valence-corrected chi connectivity index (χ2v) is 4.58. The Balaban J connectivity index is 2.59. The number of allylic oxidation sites excluding steroid dienone is 1. The fraction of sp³-hybridized carbons (Fsp3) is 0.188. The molecule has 2 rings (SSSR count). The lowest BCUT2D eigenvalue weighted by molar-refractivity contribution is 0.270. The Bertz CT molecular complexity index is 824. The Morgan fingerprint density at radius 3 is 2.78 bits per heavy atom. The SMILES string of the molecule is COc1ccccc1/C=C(\C#N)c1nn(CCO)c(N)c1C#N. The monoisotopic (exact) mass is 309 g/mol. The quantitative estimate of drug-likeness (QED) is 0.805. The van der Waals surface area contributed by atoms with Crippen molar-refractivity contribution in [2.45, 2.75) is 6.54 Å². The molecule has 0 bridgehead atoms. The summed E-state index contributed by atoms with van der Waals surface area (Å²) >= 11 is 0. The fourth-order valence-corrected chi connectivity index (χ4v) is 2.13. The van der Waals surface area contributed by atoms with Gasteiger partial charge < -0.3 is 15.6 Å². The van der Waals surface area contributed by atoms with Gasteiger partial charge in [0, 0.05) is 5.56 Å². The zero-order chi connectivity index (χ0) is 16.8. The molecule has 3 N–H and O–H groups in total. The van der Waals surface area contributed by atoms with Crippen molar-refractivity contribution in [1.29, 1.82) is 10.5 Å². The van der Waals surface area contributed by atoms with Crippen LogP contribution in [0, 0.1) is 22.7 Å². The maximum atomic E-state index is 9.45. The third kappa shape index (κ3) is 3.15. The first kappa shape index (κ1) is 16.1. The van der Waals surface area contributed by atoms with Crippen LogP contribution in [0.5, 0.6) is 5.75 Å². The predicted molar refractivity (Wildman–Crippen MR) is 84.9 cm³/mol. The van der Waals surface area contributed by atoms with Crippen LogP contribution in [0.15, 0.2) is 24.3 Å². The zero-order valence-corrected chi connectivity index (χ0v) is 12.5. The highest BCUT2D eigenvalue weighted by molar-refractivity contribution is 5.92. The van der Waals surface area contributed by atoms with Crippen LogP contribution in [0.4, 0.5) is 5.82 Å². The molecule has 0 spiro atoms. The van der Waals surface area contributed by atoms with Crippen molar-refractivity contribution in [3.05, 3.63) is 41.1 Å². The Hall–Kier alpha value is -3.29. The highest BCUT2D eigenvalue weighted by atomic mass is 16.5. The number of ether oxygens (including phenoxy) is 1. The van der Waals surface area contributed by atoms with Crippen molar-refractivity contribution in [1.82, 2.24) is 9.78 Å². The second kappa shape index (κ2) is 7.12. The number of benzene rings is 1. The van der Waals surface area contributed by atoms with Crippen LogP contribution in [0.1, 0.15) is 16.8 Å². The Morgan fingerprint density at radius 1 is 1.43 bits per heavy atom. The van der Waals surface area contributed by atoms with E-state index in [0.29, 0.717) is 11.3 Å². The molecule has 0 amide bonds. The zero-order valence-electron chi connectivity index (χ0n) is 12.5. The van der Waals surface area contributed by atoms with Crippen molar-refractivity contribution < 1.29 is 9.84 Å². The molecule has 0 aliphatic carbocycles. The molecule has 0 aliphatic rings. The van der Waals surface area contributed by atoms with Crippen LogP contribution >= 0.6 is 0 Å². The number of nitriles is 2. The number of nitrogen functional groups attached to an aromatic ring is 1. The summed E-state index contributed by atoms with van der Waals surface area (Å²) in [6, 6.07) is 11.2. The van der Waals surface area contributed by atoms with Gasteiger partial charge in [0.1, 0.15) is 35.0 Å². The molecule has 7 heteroatoms. The number of hydrogen-bond donors (Lipinski definition) is 2. The molecule has 0 unspecified atom stereocenters. The average Bonchev–Trinajstić information content (AvgIpc) is 2.89. The van der Waals surface area contributed by atoms with Gasteiger partial charge in [-0.15, -0.1) is 0 Å². The summed E-state index contributed by atoms with van der Waals surface area (Å²) in [5.41, 5.74) is 7.02. The Morgan fingerprint density at radius 2 is 2.17 bits per heavy atom. The summed E-state index contributed by atoms with van der Waals surface area (Å²) in [6.07, 6.45) is 1.59. The maximum absolute atomic E-state index is 9.45. The van der Waals surface area contributed by atoms with Gasteiger partial charge in [-0.05, 0) is 12.1 Å². The molecule has 0 saturated carbocycles. The molecule has 1 heterocycles. The lowest BCUT2D eigenvalue weighted by atomic mass is 10.1. The summed E-state index contributed by atoms with van der Waals surface area (Å²) in [5, 5.41) is 31.9. The fourth-order valence-electron chi connectivity index (χ4n) is 2.13. The first-order valence-corrected chi connectivity index (χ1v) is 6.78. The lowest BCUT2D eigenvalue weighted by Crippen LogP contribution is -2.07. The van der Waals surface area contributed by atoms with Crippen LogP contribution in [0.3, 0.4) is 0 Å². The van der Waals surface area contributed by atoms with Crippen LogP contribution in [-0.2, 0) is 6.54 Å². The molecule has 0 saturated heterocycles. The van der Waals surface area contributed by atoms with E-state index >= 15 is 0 Å². The second-order valence-electron chi connectivity index (χ2n) is 4.58. The minimum Gasteiger partial charge on any atom is -0.496 e. The van der Waals surface area contributed by atoms with Crippen molar-refractivity contribution in [3.8, 4) is 17.9 Å². The summed E-state index contributed by atoms with van der Waals surface area (Å²) in [7, 11) is 1.54. The van der Waals surface area contributed by atoms with Gasteiger partial charge in [0.15, 0.2) is 0 Å². The maximum Gasteiger partial charge on any atom is 0.140 e. The van der Waals surface area contributed by atoms with Crippen LogP contribution in [0.2, 0.25) is 0 Å². The van der Waals surface area contributed by atoms with Crippen molar-refractivity contribution in [2.75, 3.05) is 19.5 Å². The largest absolute Gasteiger partial charge is 0.496 e. The highest BCUT2D eigenvalue weighted by Crippen LogP contribution is 2.27. The molecule has 2 aromatic rings. The van der Waals surface area contributed by atoms with E-state index in [-0.39, 0.29) is 35.8 Å². The number of aliphatic hydroxyl groups excluding tert-OH is 1. The number of anilines is 1. The number of hydrogen-bond acceptors (Lipinski definition) is 6. The van der Waals surface area contributed by atoms with Crippen molar-refractivity contribution >= 4 is 17.5 Å². The minimum atomic E-state index is -0.172. The summed E-state index contributed by atoms with van der Waals surface area (Å²) in [6.45, 7) is -0.0256. The van der Waals surface area contributed by atoms with Gasteiger partial charge >= 0.3 is 0 Å². The third-order valence-corrected chi connectivity index (χ3v) is 3.23. The van der Waals surface area contributed by atoms with Crippen LogP contribution in [-0.4, -0.2) is 28.6 Å². The van der Waals surface area contributed by atoms with E-state index in [1.807, 2.05) is 24.3 Å². The van der Waals surface area contributed by atoms with E-state index in [2.05, 4.69) is 5.10 Å². The number of rotatable bonds is 5. The Labute approximate surface area is 133 Å². The van der Waals surface area contributed by atoms with Gasteiger partial charge in [-0.2, -0.15) is 15.6 Å².